The highest BCUT2D eigenvalue weighted by Crippen LogP contribution is 2.18. The molecule has 0 saturated heterocycles. The molecule has 0 saturated carbocycles. The number of hydrogen-bond acceptors (Lipinski definition) is 3. The Morgan fingerprint density at radius 2 is 1.80 bits per heavy atom. The van der Waals surface area contributed by atoms with E-state index in [0.717, 1.165) is 5.69 Å². The van der Waals surface area contributed by atoms with Crippen LogP contribution in [0.3, 0.4) is 0 Å². The second-order valence-corrected chi connectivity index (χ2v) is 6.02. The molecule has 112 valence electrons. The smallest absolute Gasteiger partial charge is 0.241 e. The molecule has 0 aliphatic heterocycles. The van der Waals surface area contributed by atoms with Crippen molar-refractivity contribution in [1.82, 2.24) is 4.90 Å². The summed E-state index contributed by atoms with van der Waals surface area (Å²) in [5.41, 5.74) is 0.498. The molecule has 0 heterocycles. The molecule has 0 radical (unpaired) electrons. The van der Waals surface area contributed by atoms with Gasteiger partial charge in [-0.25, -0.2) is 0 Å². The summed E-state index contributed by atoms with van der Waals surface area (Å²) in [5.74, 6) is 0.0372. The molecule has 0 aromatic heterocycles. The molecule has 0 spiro atoms. The molecular weight excluding hydrogens is 252 g/mol. The quantitative estimate of drug-likeness (QED) is 0.867. The fourth-order valence-electron chi connectivity index (χ4n) is 1.93. The molecule has 0 bridgehead atoms. The Kier molecular flexibility index (Phi) is 5.72. The van der Waals surface area contributed by atoms with Gasteiger partial charge in [0.25, 0.3) is 0 Å². The summed E-state index contributed by atoms with van der Waals surface area (Å²) in [6.07, 6.45) is 0. The van der Waals surface area contributed by atoms with E-state index in [1.54, 1.807) is 4.90 Å². The number of nitrogens with zero attached hydrogens (tertiary/aromatic N) is 2. The highest BCUT2D eigenvalue weighted by atomic mass is 16.3. The summed E-state index contributed by atoms with van der Waals surface area (Å²) in [7, 11) is 1.86. The Morgan fingerprint density at radius 1 is 1.25 bits per heavy atom. The zero-order valence-corrected chi connectivity index (χ0v) is 13.1. The average Bonchev–Trinajstić information content (AvgIpc) is 2.39. The fraction of sp³-hybridized carbons (Fsp3) is 0.562. The molecule has 1 aromatic carbocycles. The molecular formula is C16H26N2O2. The second-order valence-electron chi connectivity index (χ2n) is 6.02. The van der Waals surface area contributed by atoms with Crippen LogP contribution in [0, 0.1) is 0 Å². The summed E-state index contributed by atoms with van der Waals surface area (Å²) in [4.78, 5) is 16.2. The van der Waals surface area contributed by atoms with Gasteiger partial charge in [0.2, 0.25) is 5.91 Å². The number of amides is 1. The minimum Gasteiger partial charge on any atom is -0.394 e. The van der Waals surface area contributed by atoms with Crippen molar-refractivity contribution in [1.29, 1.82) is 0 Å². The predicted molar refractivity (Wildman–Crippen MR) is 82.9 cm³/mol. The lowest BCUT2D eigenvalue weighted by Gasteiger charge is -2.36. The SMILES string of the molecule is CC(C)N(C(=O)CN(C)C(C)(C)CO)c1ccccc1. The largest absolute Gasteiger partial charge is 0.394 e. The molecule has 0 aliphatic carbocycles. The van der Waals surface area contributed by atoms with Crippen molar-refractivity contribution in [3.63, 3.8) is 0 Å². The Balaban J connectivity index is 2.87. The van der Waals surface area contributed by atoms with Gasteiger partial charge in [-0.05, 0) is 46.9 Å². The van der Waals surface area contributed by atoms with Crippen molar-refractivity contribution in [2.24, 2.45) is 0 Å². The predicted octanol–water partition coefficient (Wildman–Crippen LogP) is 2.13. The topological polar surface area (TPSA) is 43.8 Å². The number of rotatable bonds is 6. The first-order chi connectivity index (χ1) is 9.29. The van der Waals surface area contributed by atoms with E-state index in [-0.39, 0.29) is 25.1 Å². The molecule has 4 nitrogen and oxygen atoms in total. The molecule has 1 aromatic rings. The van der Waals surface area contributed by atoms with Crippen molar-refractivity contribution >= 4 is 11.6 Å². The van der Waals surface area contributed by atoms with Gasteiger partial charge in [-0.1, -0.05) is 18.2 Å². The Labute approximate surface area is 122 Å². The Hall–Kier alpha value is -1.39. The summed E-state index contributed by atoms with van der Waals surface area (Å²) in [5, 5.41) is 9.38. The first kappa shape index (κ1) is 16.7. The Bertz CT molecular complexity index is 429. The zero-order valence-electron chi connectivity index (χ0n) is 13.1. The monoisotopic (exact) mass is 278 g/mol. The number of benzene rings is 1. The normalized spacial score (nSPS) is 12.0. The first-order valence-corrected chi connectivity index (χ1v) is 6.99. The Morgan fingerprint density at radius 3 is 2.25 bits per heavy atom. The zero-order chi connectivity index (χ0) is 15.3. The van der Waals surface area contributed by atoms with Gasteiger partial charge in [-0.2, -0.15) is 0 Å². The lowest BCUT2D eigenvalue weighted by molar-refractivity contribution is -0.121. The van der Waals surface area contributed by atoms with Crippen LogP contribution in [0.25, 0.3) is 0 Å². The lowest BCUT2D eigenvalue weighted by Crippen LogP contribution is -2.51. The molecule has 0 atom stereocenters. The number of anilines is 1. The number of aliphatic hydroxyl groups is 1. The van der Waals surface area contributed by atoms with Gasteiger partial charge < -0.3 is 10.0 Å². The number of likely N-dealkylation sites (N-methyl/N-ethyl adjacent to an activating group) is 1. The molecule has 0 fully saturated rings. The molecule has 0 unspecified atom stereocenters. The van der Waals surface area contributed by atoms with Gasteiger partial charge in [0.15, 0.2) is 0 Å². The highest BCUT2D eigenvalue weighted by molar-refractivity contribution is 5.95. The van der Waals surface area contributed by atoms with E-state index in [1.807, 2.05) is 70.0 Å². The van der Waals surface area contributed by atoms with E-state index in [4.69, 9.17) is 0 Å². The van der Waals surface area contributed by atoms with Crippen LogP contribution in [-0.2, 0) is 4.79 Å². The summed E-state index contributed by atoms with van der Waals surface area (Å²) in [6, 6.07) is 9.77. The number of para-hydroxylation sites is 1. The van der Waals surface area contributed by atoms with Crippen LogP contribution in [0.5, 0.6) is 0 Å². The van der Waals surface area contributed by atoms with Crippen LogP contribution in [0.2, 0.25) is 0 Å². The van der Waals surface area contributed by atoms with Gasteiger partial charge in [0.1, 0.15) is 0 Å². The maximum Gasteiger partial charge on any atom is 0.241 e. The third-order valence-corrected chi connectivity index (χ3v) is 3.61. The van der Waals surface area contributed by atoms with Crippen molar-refractivity contribution in [3.8, 4) is 0 Å². The number of hydrogen-bond donors (Lipinski definition) is 1. The van der Waals surface area contributed by atoms with Crippen LogP contribution in [0.4, 0.5) is 5.69 Å². The third kappa shape index (κ3) is 4.05. The lowest BCUT2D eigenvalue weighted by atomic mass is 10.1. The molecule has 4 heteroatoms. The van der Waals surface area contributed by atoms with Crippen LogP contribution in [0.15, 0.2) is 30.3 Å². The maximum atomic E-state index is 12.6. The van der Waals surface area contributed by atoms with Crippen molar-refractivity contribution < 1.29 is 9.90 Å². The molecule has 1 rings (SSSR count). The number of carbonyl (C=O) groups excluding carboxylic acids is 1. The van der Waals surface area contributed by atoms with E-state index in [0.29, 0.717) is 0 Å². The van der Waals surface area contributed by atoms with Gasteiger partial charge in [0.05, 0.1) is 13.2 Å². The second kappa shape index (κ2) is 6.86. The molecule has 0 aliphatic rings. The third-order valence-electron chi connectivity index (χ3n) is 3.61. The van der Waals surface area contributed by atoms with Gasteiger partial charge in [-0.3, -0.25) is 9.69 Å². The summed E-state index contributed by atoms with van der Waals surface area (Å²) >= 11 is 0. The fourth-order valence-corrected chi connectivity index (χ4v) is 1.93. The van der Waals surface area contributed by atoms with E-state index in [1.165, 1.54) is 0 Å². The van der Waals surface area contributed by atoms with Crippen LogP contribution in [-0.4, -0.2) is 47.7 Å². The molecule has 20 heavy (non-hydrogen) atoms. The molecule has 1 amide bonds. The minimum atomic E-state index is -0.408. The first-order valence-electron chi connectivity index (χ1n) is 6.99. The van der Waals surface area contributed by atoms with Crippen LogP contribution >= 0.6 is 0 Å². The standard InChI is InChI=1S/C16H26N2O2/c1-13(2)18(14-9-7-6-8-10-14)15(20)11-17(5)16(3,4)12-19/h6-10,13,19H,11-12H2,1-5H3. The maximum absolute atomic E-state index is 12.6. The van der Waals surface area contributed by atoms with Crippen molar-refractivity contribution in [3.05, 3.63) is 30.3 Å². The van der Waals surface area contributed by atoms with Gasteiger partial charge in [-0.15, -0.1) is 0 Å². The summed E-state index contributed by atoms with van der Waals surface area (Å²) in [6.45, 7) is 8.14. The van der Waals surface area contributed by atoms with Crippen LogP contribution in [0.1, 0.15) is 27.7 Å². The van der Waals surface area contributed by atoms with Gasteiger partial charge >= 0.3 is 0 Å². The van der Waals surface area contributed by atoms with E-state index in [9.17, 15) is 9.90 Å². The van der Waals surface area contributed by atoms with E-state index < -0.39 is 5.54 Å². The van der Waals surface area contributed by atoms with Crippen LogP contribution < -0.4 is 4.90 Å². The number of aliphatic hydroxyl groups excluding tert-OH is 1. The van der Waals surface area contributed by atoms with E-state index >= 15 is 0 Å². The van der Waals surface area contributed by atoms with E-state index in [2.05, 4.69) is 0 Å². The number of carbonyl (C=O) groups is 1. The van der Waals surface area contributed by atoms with Crippen molar-refractivity contribution in [2.45, 2.75) is 39.3 Å². The summed E-state index contributed by atoms with van der Waals surface area (Å²) < 4.78 is 0. The highest BCUT2D eigenvalue weighted by Gasteiger charge is 2.27. The average molecular weight is 278 g/mol. The van der Waals surface area contributed by atoms with Gasteiger partial charge in [0, 0.05) is 17.3 Å². The molecule has 1 N–H and O–H groups in total. The minimum absolute atomic E-state index is 0.0177. The van der Waals surface area contributed by atoms with Crippen molar-refractivity contribution in [2.75, 3.05) is 25.1 Å².